The Morgan fingerprint density at radius 2 is 1.50 bits per heavy atom. The normalized spacial score (nSPS) is 11.6. The van der Waals surface area contributed by atoms with Crippen molar-refractivity contribution in [3.63, 3.8) is 0 Å². The molecule has 138 valence electrons. The summed E-state index contributed by atoms with van der Waals surface area (Å²) in [6.45, 7) is 8.64. The van der Waals surface area contributed by atoms with Crippen molar-refractivity contribution in [3.05, 3.63) is 53.1 Å². The van der Waals surface area contributed by atoms with Crippen LogP contribution in [-0.4, -0.2) is 11.1 Å². The molecule has 0 heterocycles. The first-order valence-corrected chi connectivity index (χ1v) is 8.92. The summed E-state index contributed by atoms with van der Waals surface area (Å²) in [6.07, 6.45) is 1.77. The number of nitrogens with two attached hydrogens (primary N) is 1. The van der Waals surface area contributed by atoms with E-state index in [1.165, 1.54) is 12.1 Å². The molecule has 0 radical (unpaired) electrons. The number of benzene rings is 2. The molecule has 0 spiro atoms. The highest BCUT2D eigenvalue weighted by atomic mass is 16.4. The molecule has 2 rings (SSSR count). The molecule has 0 aliphatic rings. The number of nitrogen functional groups attached to an aromatic ring is 1. The molecule has 2 aromatic carbocycles. The first-order chi connectivity index (χ1) is 12.3. The van der Waals surface area contributed by atoms with Gasteiger partial charge in [0, 0.05) is 5.69 Å². The van der Waals surface area contributed by atoms with Gasteiger partial charge in [-0.1, -0.05) is 33.8 Å². The molecule has 0 saturated heterocycles. The van der Waals surface area contributed by atoms with Gasteiger partial charge in [-0.05, 0) is 66.1 Å². The van der Waals surface area contributed by atoms with Crippen LogP contribution >= 0.6 is 0 Å². The van der Waals surface area contributed by atoms with Crippen molar-refractivity contribution in [2.24, 2.45) is 22.1 Å². The summed E-state index contributed by atoms with van der Waals surface area (Å²) in [7, 11) is 0. The zero-order valence-electron chi connectivity index (χ0n) is 15.9. The summed E-state index contributed by atoms with van der Waals surface area (Å²) in [6, 6.07) is 10.4. The van der Waals surface area contributed by atoms with Gasteiger partial charge < -0.3 is 10.8 Å². The molecule has 0 saturated carbocycles. The Bertz CT molecular complexity index is 780. The zero-order valence-corrected chi connectivity index (χ0v) is 15.9. The highest BCUT2D eigenvalue weighted by molar-refractivity contribution is 5.88. The van der Waals surface area contributed by atoms with Crippen LogP contribution < -0.4 is 5.73 Å². The zero-order chi connectivity index (χ0) is 19.3. The van der Waals surface area contributed by atoms with E-state index in [9.17, 15) is 4.79 Å². The molecule has 0 bridgehead atoms. The molecule has 3 N–H and O–H groups in total. The molecule has 2 aromatic rings. The standard InChI is InChI=1S/C21H27N3O2/c1-13(2)8-16-11-19(12-17(20(16)22)9-14(3)4)24-23-18-7-5-6-15(10-18)21(25)26/h5-7,10-14H,8-9,22H2,1-4H3,(H,25,26). The maximum absolute atomic E-state index is 11.1. The Kier molecular flexibility index (Phi) is 6.50. The second kappa shape index (κ2) is 8.61. The summed E-state index contributed by atoms with van der Waals surface area (Å²) in [4.78, 5) is 11.1. The van der Waals surface area contributed by atoms with Crippen LogP contribution in [0, 0.1) is 11.8 Å². The number of carboxylic acids is 1. The number of hydrogen-bond donors (Lipinski definition) is 2. The summed E-state index contributed by atoms with van der Waals surface area (Å²) in [5.41, 5.74) is 10.8. The molecular formula is C21H27N3O2. The van der Waals surface area contributed by atoms with E-state index in [0.717, 1.165) is 35.3 Å². The minimum atomic E-state index is -0.979. The van der Waals surface area contributed by atoms with Gasteiger partial charge in [0.2, 0.25) is 0 Å². The summed E-state index contributed by atoms with van der Waals surface area (Å²) >= 11 is 0. The second-order valence-electron chi connectivity index (χ2n) is 7.43. The first kappa shape index (κ1) is 19.6. The minimum absolute atomic E-state index is 0.194. The van der Waals surface area contributed by atoms with Gasteiger partial charge in [-0.2, -0.15) is 10.2 Å². The number of carboxylic acid groups (broad SMARTS) is 1. The van der Waals surface area contributed by atoms with Gasteiger partial charge in [-0.3, -0.25) is 0 Å². The predicted octanol–water partition coefficient (Wildman–Crippen LogP) is 5.78. The molecular weight excluding hydrogens is 326 g/mol. The van der Waals surface area contributed by atoms with E-state index in [4.69, 9.17) is 10.8 Å². The topological polar surface area (TPSA) is 88.0 Å². The molecule has 0 aliphatic carbocycles. The molecule has 0 aliphatic heterocycles. The van der Waals surface area contributed by atoms with Crippen LogP contribution in [-0.2, 0) is 12.8 Å². The van der Waals surface area contributed by atoms with E-state index in [-0.39, 0.29) is 5.56 Å². The molecule has 5 nitrogen and oxygen atoms in total. The summed E-state index contributed by atoms with van der Waals surface area (Å²) < 4.78 is 0. The lowest BCUT2D eigenvalue weighted by Crippen LogP contribution is -2.05. The molecule has 0 amide bonds. The van der Waals surface area contributed by atoms with E-state index in [1.54, 1.807) is 12.1 Å². The molecule has 5 heteroatoms. The van der Waals surface area contributed by atoms with Crippen molar-refractivity contribution < 1.29 is 9.90 Å². The van der Waals surface area contributed by atoms with Crippen LogP contribution in [0.4, 0.5) is 17.1 Å². The monoisotopic (exact) mass is 353 g/mol. The fraction of sp³-hybridized carbons (Fsp3) is 0.381. The smallest absolute Gasteiger partial charge is 0.335 e. The van der Waals surface area contributed by atoms with Crippen LogP contribution in [0.1, 0.15) is 49.2 Å². The number of azo groups is 1. The van der Waals surface area contributed by atoms with Crippen LogP contribution in [0.3, 0.4) is 0 Å². The van der Waals surface area contributed by atoms with E-state index in [2.05, 4.69) is 37.9 Å². The second-order valence-corrected chi connectivity index (χ2v) is 7.43. The van der Waals surface area contributed by atoms with Crippen LogP contribution in [0.15, 0.2) is 46.6 Å². The third-order valence-electron chi connectivity index (χ3n) is 3.97. The average Bonchev–Trinajstić information content (AvgIpc) is 2.56. The largest absolute Gasteiger partial charge is 0.478 e. The third-order valence-corrected chi connectivity index (χ3v) is 3.97. The highest BCUT2D eigenvalue weighted by Crippen LogP contribution is 2.30. The van der Waals surface area contributed by atoms with Crippen molar-refractivity contribution in [2.75, 3.05) is 5.73 Å². The van der Waals surface area contributed by atoms with Crippen molar-refractivity contribution in [1.29, 1.82) is 0 Å². The Morgan fingerprint density at radius 1 is 0.962 bits per heavy atom. The van der Waals surface area contributed by atoms with Gasteiger partial charge in [0.25, 0.3) is 0 Å². The molecule has 26 heavy (non-hydrogen) atoms. The quantitative estimate of drug-likeness (QED) is 0.488. The maximum Gasteiger partial charge on any atom is 0.335 e. The van der Waals surface area contributed by atoms with Gasteiger partial charge in [-0.25, -0.2) is 4.79 Å². The lowest BCUT2D eigenvalue weighted by atomic mass is 9.94. The maximum atomic E-state index is 11.1. The van der Waals surface area contributed by atoms with Crippen molar-refractivity contribution in [3.8, 4) is 0 Å². The Morgan fingerprint density at radius 3 is 2.00 bits per heavy atom. The van der Waals surface area contributed by atoms with Crippen molar-refractivity contribution in [2.45, 2.75) is 40.5 Å². The van der Waals surface area contributed by atoms with E-state index >= 15 is 0 Å². The first-order valence-electron chi connectivity index (χ1n) is 8.92. The van der Waals surface area contributed by atoms with E-state index < -0.39 is 5.97 Å². The minimum Gasteiger partial charge on any atom is -0.478 e. The van der Waals surface area contributed by atoms with Crippen LogP contribution in [0.2, 0.25) is 0 Å². The Hall–Kier alpha value is -2.69. The number of hydrogen-bond acceptors (Lipinski definition) is 4. The Balaban J connectivity index is 2.38. The number of carbonyl (C=O) groups is 1. The number of anilines is 1. The highest BCUT2D eigenvalue weighted by Gasteiger charge is 2.11. The van der Waals surface area contributed by atoms with Crippen molar-refractivity contribution >= 4 is 23.0 Å². The van der Waals surface area contributed by atoms with E-state index in [1.807, 2.05) is 12.1 Å². The average molecular weight is 353 g/mol. The predicted molar refractivity (Wildman–Crippen MR) is 106 cm³/mol. The summed E-state index contributed by atoms with van der Waals surface area (Å²) in [5, 5.41) is 17.6. The number of aromatic carboxylic acids is 1. The van der Waals surface area contributed by atoms with Gasteiger partial charge in [0.1, 0.15) is 0 Å². The number of nitrogens with zero attached hydrogens (tertiary/aromatic N) is 2. The van der Waals surface area contributed by atoms with Gasteiger partial charge in [0.05, 0.1) is 16.9 Å². The molecule has 0 aromatic heterocycles. The lowest BCUT2D eigenvalue weighted by Gasteiger charge is -2.15. The van der Waals surface area contributed by atoms with Gasteiger partial charge in [-0.15, -0.1) is 0 Å². The Labute approximate surface area is 155 Å². The number of rotatable bonds is 7. The molecule has 0 fully saturated rings. The van der Waals surface area contributed by atoms with Gasteiger partial charge in [0.15, 0.2) is 0 Å². The summed E-state index contributed by atoms with van der Waals surface area (Å²) in [5.74, 6) is 0.000229. The SMILES string of the molecule is CC(C)Cc1cc(N=Nc2cccc(C(=O)O)c2)cc(CC(C)C)c1N. The van der Waals surface area contributed by atoms with E-state index in [0.29, 0.717) is 17.5 Å². The van der Waals surface area contributed by atoms with Crippen molar-refractivity contribution in [1.82, 2.24) is 0 Å². The molecule has 0 atom stereocenters. The molecule has 0 unspecified atom stereocenters. The van der Waals surface area contributed by atoms with Crippen LogP contribution in [0.25, 0.3) is 0 Å². The van der Waals surface area contributed by atoms with Crippen LogP contribution in [0.5, 0.6) is 0 Å². The van der Waals surface area contributed by atoms with Gasteiger partial charge >= 0.3 is 5.97 Å². The lowest BCUT2D eigenvalue weighted by molar-refractivity contribution is 0.0697. The third kappa shape index (κ3) is 5.41. The fourth-order valence-electron chi connectivity index (χ4n) is 2.85. The fourth-order valence-corrected chi connectivity index (χ4v) is 2.85.